The van der Waals surface area contributed by atoms with Gasteiger partial charge in [0, 0.05) is 12.0 Å². The molecule has 210 valence electrons. The molecule has 3 atom stereocenters. The fourth-order valence-electron chi connectivity index (χ4n) is 4.67. The Morgan fingerprint density at radius 2 is 1.79 bits per heavy atom. The number of carbonyl (C=O) groups excluding carboxylic acids is 3. The van der Waals surface area contributed by atoms with Crippen LogP contribution < -0.4 is 11.1 Å². The number of alkyl carbamates (subject to hydrolysis) is 1. The molecular weight excluding hydrogens is 494 g/mol. The SMILES string of the molecule is CCOC(=O)/C=C(\O/N=C(\N)C(NC(=O)OCc1ccccc1)[C@]1(C)CC[C@H](CO)C1(C)C)C(=O)OCC. The minimum atomic E-state index is -0.934. The molecule has 1 aliphatic rings. The van der Waals surface area contributed by atoms with Crippen LogP contribution in [0.2, 0.25) is 0 Å². The number of nitrogens with two attached hydrogens (primary N) is 1. The highest BCUT2D eigenvalue weighted by atomic mass is 16.7. The lowest BCUT2D eigenvalue weighted by Gasteiger charge is -2.46. The van der Waals surface area contributed by atoms with Gasteiger partial charge in [-0.05, 0) is 43.6 Å². The van der Waals surface area contributed by atoms with Gasteiger partial charge < -0.3 is 35.2 Å². The lowest BCUT2D eigenvalue weighted by Crippen LogP contribution is -2.58. The molecule has 1 aromatic carbocycles. The molecular formula is C27H39N3O8. The van der Waals surface area contributed by atoms with Crippen LogP contribution in [0.3, 0.4) is 0 Å². The number of hydrogen-bond donors (Lipinski definition) is 3. The van der Waals surface area contributed by atoms with Gasteiger partial charge in [-0.25, -0.2) is 14.4 Å². The Morgan fingerprint density at radius 3 is 2.37 bits per heavy atom. The van der Waals surface area contributed by atoms with Gasteiger partial charge in [-0.1, -0.05) is 56.3 Å². The third-order valence-electron chi connectivity index (χ3n) is 7.39. The molecule has 1 saturated carbocycles. The summed E-state index contributed by atoms with van der Waals surface area (Å²) in [4.78, 5) is 42.4. The van der Waals surface area contributed by atoms with E-state index in [0.717, 1.165) is 11.6 Å². The van der Waals surface area contributed by atoms with Crippen LogP contribution in [0.4, 0.5) is 4.79 Å². The number of hydrogen-bond acceptors (Lipinski definition) is 9. The van der Waals surface area contributed by atoms with E-state index in [1.807, 2.05) is 51.1 Å². The number of amidine groups is 1. The maximum Gasteiger partial charge on any atom is 0.408 e. The van der Waals surface area contributed by atoms with Crippen LogP contribution in [0, 0.1) is 16.7 Å². The van der Waals surface area contributed by atoms with E-state index in [4.69, 9.17) is 24.8 Å². The summed E-state index contributed by atoms with van der Waals surface area (Å²) in [6.07, 6.45) is 1.39. The highest BCUT2D eigenvalue weighted by molar-refractivity contribution is 5.95. The lowest BCUT2D eigenvalue weighted by molar-refractivity contribution is -0.144. The number of benzene rings is 1. The summed E-state index contributed by atoms with van der Waals surface area (Å²) < 4.78 is 15.2. The molecule has 0 spiro atoms. The summed E-state index contributed by atoms with van der Waals surface area (Å²) >= 11 is 0. The summed E-state index contributed by atoms with van der Waals surface area (Å²) in [5.74, 6) is -2.49. The van der Waals surface area contributed by atoms with E-state index in [1.54, 1.807) is 13.8 Å². The highest BCUT2D eigenvalue weighted by Crippen LogP contribution is 2.57. The first-order valence-electron chi connectivity index (χ1n) is 12.6. The van der Waals surface area contributed by atoms with Crippen LogP contribution in [0.5, 0.6) is 0 Å². The van der Waals surface area contributed by atoms with E-state index in [0.29, 0.717) is 12.8 Å². The number of carbonyl (C=O) groups is 3. The number of oxime groups is 1. The first-order chi connectivity index (χ1) is 18.0. The second-order valence-electron chi connectivity index (χ2n) is 9.78. The number of nitrogens with one attached hydrogen (secondary N) is 1. The van der Waals surface area contributed by atoms with Crippen molar-refractivity contribution in [3.63, 3.8) is 0 Å². The van der Waals surface area contributed by atoms with Gasteiger partial charge >= 0.3 is 18.0 Å². The van der Waals surface area contributed by atoms with Gasteiger partial charge in [0.1, 0.15) is 6.61 Å². The van der Waals surface area contributed by atoms with Crippen molar-refractivity contribution in [1.29, 1.82) is 0 Å². The maximum atomic E-state index is 12.9. The Morgan fingerprint density at radius 1 is 1.13 bits per heavy atom. The Balaban J connectivity index is 2.35. The second-order valence-corrected chi connectivity index (χ2v) is 9.78. The summed E-state index contributed by atoms with van der Waals surface area (Å²) in [6.45, 7) is 9.27. The predicted octanol–water partition coefficient (Wildman–Crippen LogP) is 3.02. The van der Waals surface area contributed by atoms with E-state index in [-0.39, 0.29) is 38.2 Å². The highest BCUT2D eigenvalue weighted by Gasteiger charge is 2.56. The Hall–Kier alpha value is -3.60. The average Bonchev–Trinajstić information content (AvgIpc) is 3.12. The van der Waals surface area contributed by atoms with Crippen LogP contribution in [0.15, 0.2) is 47.3 Å². The fourth-order valence-corrected chi connectivity index (χ4v) is 4.67. The molecule has 1 unspecified atom stereocenters. The summed E-state index contributed by atoms with van der Waals surface area (Å²) in [7, 11) is 0. The van der Waals surface area contributed by atoms with Gasteiger partial charge in [0.25, 0.3) is 0 Å². The van der Waals surface area contributed by atoms with E-state index in [2.05, 4.69) is 10.5 Å². The van der Waals surface area contributed by atoms with E-state index in [9.17, 15) is 19.5 Å². The molecule has 38 heavy (non-hydrogen) atoms. The van der Waals surface area contributed by atoms with Crippen molar-refractivity contribution in [3.8, 4) is 0 Å². The molecule has 1 aromatic rings. The zero-order valence-corrected chi connectivity index (χ0v) is 22.7. The molecule has 4 N–H and O–H groups in total. The predicted molar refractivity (Wildman–Crippen MR) is 139 cm³/mol. The molecule has 0 aliphatic heterocycles. The van der Waals surface area contributed by atoms with E-state index < -0.39 is 40.7 Å². The van der Waals surface area contributed by atoms with Crippen molar-refractivity contribution < 1.29 is 38.5 Å². The topological polar surface area (TPSA) is 159 Å². The maximum absolute atomic E-state index is 12.9. The summed E-state index contributed by atoms with van der Waals surface area (Å²) in [5, 5.41) is 16.7. The Labute approximate surface area is 223 Å². The molecule has 0 saturated heterocycles. The Bertz CT molecular complexity index is 1020. The van der Waals surface area contributed by atoms with Crippen LogP contribution in [-0.2, 0) is 35.2 Å². The molecule has 0 radical (unpaired) electrons. The number of rotatable bonds is 12. The smallest absolute Gasteiger partial charge is 0.408 e. The van der Waals surface area contributed by atoms with Crippen molar-refractivity contribution in [3.05, 3.63) is 47.7 Å². The normalized spacial score (nSPS) is 21.8. The number of aliphatic hydroxyl groups excluding tert-OH is 1. The van der Waals surface area contributed by atoms with E-state index in [1.165, 1.54) is 0 Å². The second kappa shape index (κ2) is 13.8. The molecule has 2 rings (SSSR count). The van der Waals surface area contributed by atoms with Crippen LogP contribution in [0.25, 0.3) is 0 Å². The van der Waals surface area contributed by atoms with Gasteiger partial charge in [-0.2, -0.15) is 0 Å². The molecule has 11 heteroatoms. The average molecular weight is 534 g/mol. The zero-order valence-electron chi connectivity index (χ0n) is 22.7. The van der Waals surface area contributed by atoms with Crippen LogP contribution >= 0.6 is 0 Å². The standard InChI is InChI=1S/C27H39N3O8/c1-6-35-21(32)15-20(24(33)36-7-2)38-30-23(28)22(27(5)14-13-19(16-31)26(27,3)4)29-25(34)37-17-18-11-9-8-10-12-18/h8-12,15,19,22,31H,6-7,13-14,16-17H2,1-5H3,(H2,28,30)(H,29,34)/b20-15-/t19-,22?,27+/m1/s1. The number of aliphatic hydroxyl groups is 1. The molecule has 11 nitrogen and oxygen atoms in total. The number of ether oxygens (including phenoxy) is 3. The molecule has 1 aliphatic carbocycles. The lowest BCUT2D eigenvalue weighted by atomic mass is 9.62. The van der Waals surface area contributed by atoms with Gasteiger partial charge in [0.15, 0.2) is 5.84 Å². The van der Waals surface area contributed by atoms with Crippen LogP contribution in [-0.4, -0.2) is 54.8 Å². The molecule has 1 fully saturated rings. The molecule has 0 aromatic heterocycles. The summed E-state index contributed by atoms with van der Waals surface area (Å²) in [5.41, 5.74) is 6.00. The number of amides is 1. The monoisotopic (exact) mass is 533 g/mol. The van der Waals surface area contributed by atoms with Crippen molar-refractivity contribution in [2.75, 3.05) is 19.8 Å². The van der Waals surface area contributed by atoms with Crippen molar-refractivity contribution >= 4 is 23.9 Å². The van der Waals surface area contributed by atoms with Gasteiger partial charge in [0.2, 0.25) is 5.76 Å². The van der Waals surface area contributed by atoms with Crippen molar-refractivity contribution in [1.82, 2.24) is 5.32 Å². The molecule has 0 bridgehead atoms. The van der Waals surface area contributed by atoms with Gasteiger partial charge in [-0.15, -0.1) is 0 Å². The number of nitrogens with zero attached hydrogens (tertiary/aromatic N) is 1. The zero-order chi connectivity index (χ0) is 28.3. The number of esters is 2. The first kappa shape index (κ1) is 30.6. The molecule has 0 heterocycles. The Kier molecular flexibility index (Phi) is 11.1. The molecule has 1 amide bonds. The minimum absolute atomic E-state index is 0.0312. The third-order valence-corrected chi connectivity index (χ3v) is 7.39. The van der Waals surface area contributed by atoms with Gasteiger partial charge in [-0.3, -0.25) is 0 Å². The first-order valence-corrected chi connectivity index (χ1v) is 12.6. The van der Waals surface area contributed by atoms with Gasteiger partial charge in [0.05, 0.1) is 25.3 Å². The minimum Gasteiger partial charge on any atom is -0.463 e. The van der Waals surface area contributed by atoms with Crippen molar-refractivity contribution in [2.45, 2.75) is 60.1 Å². The van der Waals surface area contributed by atoms with E-state index >= 15 is 0 Å². The summed E-state index contributed by atoms with van der Waals surface area (Å²) in [6, 6.07) is 8.29. The van der Waals surface area contributed by atoms with Crippen molar-refractivity contribution in [2.24, 2.45) is 27.6 Å². The largest absolute Gasteiger partial charge is 0.463 e. The third kappa shape index (κ3) is 7.47. The van der Waals surface area contributed by atoms with Crippen LogP contribution in [0.1, 0.15) is 53.0 Å². The quantitative estimate of drug-likeness (QED) is 0.0698. The fraction of sp³-hybridized carbons (Fsp3) is 0.556.